The van der Waals surface area contributed by atoms with E-state index in [4.69, 9.17) is 15.2 Å². The summed E-state index contributed by atoms with van der Waals surface area (Å²) in [5.74, 6) is 1.47. The van der Waals surface area contributed by atoms with Gasteiger partial charge in [-0.05, 0) is 49.6 Å². The summed E-state index contributed by atoms with van der Waals surface area (Å²) in [6.07, 6.45) is 1.39. The van der Waals surface area contributed by atoms with E-state index in [1.165, 1.54) is 5.56 Å². The highest BCUT2D eigenvalue weighted by Gasteiger charge is 2.19. The number of fused-ring (bicyclic) bond motifs is 1. The number of hydrogen-bond donors (Lipinski definition) is 2. The van der Waals surface area contributed by atoms with Crippen molar-refractivity contribution in [3.05, 3.63) is 59.7 Å². The monoisotopic (exact) mass is 383 g/mol. The molecule has 0 saturated heterocycles. The van der Waals surface area contributed by atoms with Crippen LogP contribution < -0.4 is 20.5 Å². The molecule has 1 amide bonds. The number of hydrogen-bond acceptors (Lipinski definition) is 5. The van der Waals surface area contributed by atoms with Crippen molar-refractivity contribution in [2.24, 2.45) is 5.73 Å². The predicted octanol–water partition coefficient (Wildman–Crippen LogP) is 2.31. The molecule has 2 atom stereocenters. The van der Waals surface area contributed by atoms with Crippen molar-refractivity contribution >= 4 is 5.91 Å². The van der Waals surface area contributed by atoms with Crippen LogP contribution in [0.4, 0.5) is 0 Å². The molecule has 1 aliphatic rings. The number of benzene rings is 2. The average Bonchev–Trinajstić information content (AvgIpc) is 3.17. The molecule has 3 N–H and O–H groups in total. The highest BCUT2D eigenvalue weighted by Crippen LogP contribution is 2.32. The van der Waals surface area contributed by atoms with Gasteiger partial charge in [0.2, 0.25) is 12.7 Å². The van der Waals surface area contributed by atoms with Gasteiger partial charge in [-0.1, -0.05) is 43.3 Å². The van der Waals surface area contributed by atoms with Crippen molar-refractivity contribution in [3.63, 3.8) is 0 Å². The minimum atomic E-state index is -0.551. The molecule has 2 unspecified atom stereocenters. The molecule has 0 bridgehead atoms. The Balaban J connectivity index is 1.49. The fourth-order valence-electron chi connectivity index (χ4n) is 3.39. The lowest BCUT2D eigenvalue weighted by Crippen LogP contribution is -2.48. The molecular weight excluding hydrogens is 354 g/mol. The lowest BCUT2D eigenvalue weighted by Gasteiger charge is -2.28. The highest BCUT2D eigenvalue weighted by atomic mass is 16.7. The Morgan fingerprint density at radius 1 is 1.11 bits per heavy atom. The van der Waals surface area contributed by atoms with E-state index in [0.717, 1.165) is 30.0 Å². The molecule has 6 nitrogen and oxygen atoms in total. The average molecular weight is 383 g/mol. The Morgan fingerprint density at radius 3 is 2.61 bits per heavy atom. The number of carbonyl (C=O) groups is 1. The summed E-state index contributed by atoms with van der Waals surface area (Å²) in [6.45, 7) is 5.84. The first-order valence-corrected chi connectivity index (χ1v) is 9.76. The first kappa shape index (κ1) is 20.2. The highest BCUT2D eigenvalue weighted by molar-refractivity contribution is 5.81. The molecule has 1 aliphatic heterocycles. The van der Waals surface area contributed by atoms with E-state index in [1.807, 2.05) is 42.5 Å². The molecule has 28 heavy (non-hydrogen) atoms. The molecule has 0 aliphatic carbocycles. The zero-order chi connectivity index (χ0) is 19.9. The van der Waals surface area contributed by atoms with Crippen LogP contribution in [0.2, 0.25) is 0 Å². The summed E-state index contributed by atoms with van der Waals surface area (Å²) in [5.41, 5.74) is 8.32. The van der Waals surface area contributed by atoms with Gasteiger partial charge in [-0.2, -0.15) is 0 Å². The van der Waals surface area contributed by atoms with Crippen LogP contribution in [0.5, 0.6) is 11.5 Å². The van der Waals surface area contributed by atoms with Crippen LogP contribution in [0, 0.1) is 0 Å². The van der Waals surface area contributed by atoms with E-state index in [9.17, 15) is 4.79 Å². The molecule has 3 rings (SSSR count). The van der Waals surface area contributed by atoms with Gasteiger partial charge in [-0.15, -0.1) is 0 Å². The molecule has 6 heteroatoms. The normalized spacial score (nSPS) is 14.7. The summed E-state index contributed by atoms with van der Waals surface area (Å²) in [4.78, 5) is 14.6. The molecule has 0 saturated carbocycles. The third-order valence-electron chi connectivity index (χ3n) is 5.09. The number of nitrogens with zero attached hydrogens (tertiary/aromatic N) is 1. The maximum Gasteiger partial charge on any atom is 0.238 e. The summed E-state index contributed by atoms with van der Waals surface area (Å²) >= 11 is 0. The van der Waals surface area contributed by atoms with Gasteiger partial charge in [0.25, 0.3) is 0 Å². The van der Waals surface area contributed by atoms with Crippen molar-refractivity contribution < 1.29 is 14.3 Å². The summed E-state index contributed by atoms with van der Waals surface area (Å²) in [7, 11) is 0. The van der Waals surface area contributed by atoms with Crippen LogP contribution in [-0.4, -0.2) is 42.9 Å². The van der Waals surface area contributed by atoms with E-state index in [0.29, 0.717) is 13.1 Å². The molecule has 2 aromatic rings. The minimum Gasteiger partial charge on any atom is -0.454 e. The quantitative estimate of drug-likeness (QED) is 0.650. The van der Waals surface area contributed by atoms with E-state index < -0.39 is 6.04 Å². The third-order valence-corrected chi connectivity index (χ3v) is 5.09. The van der Waals surface area contributed by atoms with Crippen LogP contribution in [0.1, 0.15) is 25.0 Å². The standard InChI is InChI=1S/C22H29N3O3/c1-3-25(14-24-22(26)19(23)12-17-7-5-4-6-8-17)16(2)11-18-9-10-20-21(13-18)28-15-27-20/h4-10,13,16,19H,3,11-12,14-15,23H2,1-2H3,(H,24,26). The molecule has 2 aromatic carbocycles. The van der Waals surface area contributed by atoms with Gasteiger partial charge in [0, 0.05) is 6.04 Å². The number of likely N-dealkylation sites (N-methyl/N-ethyl adjacent to an activating group) is 1. The largest absolute Gasteiger partial charge is 0.454 e. The van der Waals surface area contributed by atoms with Gasteiger partial charge in [0.05, 0.1) is 12.7 Å². The summed E-state index contributed by atoms with van der Waals surface area (Å²) < 4.78 is 10.8. The van der Waals surface area contributed by atoms with Gasteiger partial charge in [-0.25, -0.2) is 0 Å². The lowest BCUT2D eigenvalue weighted by molar-refractivity contribution is -0.123. The second-order valence-electron chi connectivity index (χ2n) is 7.14. The fraction of sp³-hybridized carbons (Fsp3) is 0.409. The van der Waals surface area contributed by atoms with Crippen LogP contribution in [-0.2, 0) is 17.6 Å². The van der Waals surface area contributed by atoms with E-state index in [1.54, 1.807) is 0 Å². The maximum atomic E-state index is 12.4. The molecule has 0 fully saturated rings. The van der Waals surface area contributed by atoms with Crippen LogP contribution in [0.25, 0.3) is 0 Å². The van der Waals surface area contributed by atoms with Crippen LogP contribution in [0.3, 0.4) is 0 Å². The Kier molecular flexibility index (Phi) is 6.90. The molecule has 1 heterocycles. The number of nitrogens with one attached hydrogen (secondary N) is 1. The summed E-state index contributed by atoms with van der Waals surface area (Å²) in [6, 6.07) is 15.6. The SMILES string of the molecule is CCN(CNC(=O)C(N)Cc1ccccc1)C(C)Cc1ccc2c(c1)OCO2. The molecule has 150 valence electrons. The van der Waals surface area contributed by atoms with Crippen molar-refractivity contribution in [3.8, 4) is 11.5 Å². The Bertz CT molecular complexity index is 782. The number of rotatable bonds is 9. The van der Waals surface area contributed by atoms with Gasteiger partial charge < -0.3 is 20.5 Å². The maximum absolute atomic E-state index is 12.4. The number of nitrogens with two attached hydrogens (primary N) is 1. The first-order valence-electron chi connectivity index (χ1n) is 9.76. The minimum absolute atomic E-state index is 0.127. The number of carbonyl (C=O) groups excluding carboxylic acids is 1. The first-order chi connectivity index (χ1) is 13.6. The molecule has 0 spiro atoms. The van der Waals surface area contributed by atoms with Crippen LogP contribution >= 0.6 is 0 Å². The predicted molar refractivity (Wildman–Crippen MR) is 109 cm³/mol. The molecular formula is C22H29N3O3. The Labute approximate surface area is 166 Å². The van der Waals surface area contributed by atoms with Gasteiger partial charge >= 0.3 is 0 Å². The van der Waals surface area contributed by atoms with Crippen molar-refractivity contribution in [2.45, 2.75) is 38.8 Å². The Morgan fingerprint density at radius 2 is 1.86 bits per heavy atom. The van der Waals surface area contributed by atoms with E-state index in [2.05, 4.69) is 30.1 Å². The molecule has 0 aromatic heterocycles. The third kappa shape index (κ3) is 5.24. The van der Waals surface area contributed by atoms with Gasteiger partial charge in [0.15, 0.2) is 11.5 Å². The smallest absolute Gasteiger partial charge is 0.238 e. The van der Waals surface area contributed by atoms with Crippen molar-refractivity contribution in [1.29, 1.82) is 0 Å². The Hall–Kier alpha value is -2.57. The number of ether oxygens (including phenoxy) is 2. The summed E-state index contributed by atoms with van der Waals surface area (Å²) in [5, 5.41) is 2.98. The van der Waals surface area contributed by atoms with Crippen LogP contribution in [0.15, 0.2) is 48.5 Å². The van der Waals surface area contributed by atoms with Gasteiger partial charge in [0.1, 0.15) is 0 Å². The van der Waals surface area contributed by atoms with Gasteiger partial charge in [-0.3, -0.25) is 9.69 Å². The van der Waals surface area contributed by atoms with E-state index >= 15 is 0 Å². The second-order valence-corrected chi connectivity index (χ2v) is 7.14. The zero-order valence-corrected chi connectivity index (χ0v) is 16.6. The second kappa shape index (κ2) is 9.57. The zero-order valence-electron chi connectivity index (χ0n) is 16.6. The van der Waals surface area contributed by atoms with E-state index in [-0.39, 0.29) is 18.7 Å². The number of amides is 1. The lowest BCUT2D eigenvalue weighted by atomic mass is 10.1. The van der Waals surface area contributed by atoms with Crippen molar-refractivity contribution in [1.82, 2.24) is 10.2 Å². The van der Waals surface area contributed by atoms with Crippen molar-refractivity contribution in [2.75, 3.05) is 20.0 Å². The topological polar surface area (TPSA) is 76.8 Å². The molecule has 0 radical (unpaired) electrons. The fourth-order valence-corrected chi connectivity index (χ4v) is 3.39.